The van der Waals surface area contributed by atoms with Gasteiger partial charge in [0.15, 0.2) is 0 Å². The summed E-state index contributed by atoms with van der Waals surface area (Å²) in [4.78, 5) is 3.97. The molecule has 0 aromatic carbocycles. The summed E-state index contributed by atoms with van der Waals surface area (Å²) in [7, 11) is 0. The summed E-state index contributed by atoms with van der Waals surface area (Å²) in [5.74, 6) is 0.590. The lowest BCUT2D eigenvalue weighted by Gasteiger charge is -2.03. The third kappa shape index (κ3) is 2.08. The Morgan fingerprint density at radius 2 is 2.27 bits per heavy atom. The molecule has 11 heavy (non-hydrogen) atoms. The fourth-order valence-electron chi connectivity index (χ4n) is 0.951. The van der Waals surface area contributed by atoms with E-state index in [4.69, 9.17) is 23.2 Å². The number of halogens is 2. The second-order valence-corrected chi connectivity index (χ2v) is 3.07. The largest absolute Gasteiger partial charge is 0.244 e. The van der Waals surface area contributed by atoms with Crippen molar-refractivity contribution in [1.82, 2.24) is 4.98 Å². The average molecular weight is 190 g/mol. The van der Waals surface area contributed by atoms with Gasteiger partial charge in [0.2, 0.25) is 0 Å². The maximum absolute atomic E-state index is 5.84. The van der Waals surface area contributed by atoms with Crippen LogP contribution in [0.2, 0.25) is 5.15 Å². The van der Waals surface area contributed by atoms with E-state index in [1.54, 1.807) is 6.20 Å². The van der Waals surface area contributed by atoms with Crippen LogP contribution in [0.15, 0.2) is 12.3 Å². The summed E-state index contributed by atoms with van der Waals surface area (Å²) in [6, 6.07) is 1.94. The van der Waals surface area contributed by atoms with Gasteiger partial charge in [-0.3, -0.25) is 0 Å². The van der Waals surface area contributed by atoms with Crippen LogP contribution in [0.4, 0.5) is 0 Å². The van der Waals surface area contributed by atoms with E-state index < -0.39 is 0 Å². The molecule has 0 aliphatic carbocycles. The summed E-state index contributed by atoms with van der Waals surface area (Å²) < 4.78 is 0. The van der Waals surface area contributed by atoms with Gasteiger partial charge in [0, 0.05) is 12.1 Å². The summed E-state index contributed by atoms with van der Waals surface area (Å²) in [5.41, 5.74) is 2.22. The van der Waals surface area contributed by atoms with E-state index in [1.807, 2.05) is 13.0 Å². The van der Waals surface area contributed by atoms with Crippen molar-refractivity contribution in [3.63, 3.8) is 0 Å². The highest BCUT2D eigenvalue weighted by Gasteiger charge is 2.02. The van der Waals surface area contributed by atoms with E-state index in [0.29, 0.717) is 11.0 Å². The second-order valence-electron chi connectivity index (χ2n) is 2.34. The Morgan fingerprint density at radius 3 is 2.82 bits per heavy atom. The van der Waals surface area contributed by atoms with Gasteiger partial charge >= 0.3 is 0 Å². The molecule has 0 aliphatic rings. The van der Waals surface area contributed by atoms with E-state index in [-0.39, 0.29) is 0 Å². The van der Waals surface area contributed by atoms with Crippen LogP contribution in [0.5, 0.6) is 0 Å². The highest BCUT2D eigenvalue weighted by atomic mass is 35.5. The van der Waals surface area contributed by atoms with Gasteiger partial charge in [0.1, 0.15) is 5.15 Å². The molecule has 1 aromatic rings. The molecule has 0 saturated carbocycles. The SMILES string of the molecule is Cc1ccnc(Cl)c1CCCl. The molecule has 0 atom stereocenters. The fourth-order valence-corrected chi connectivity index (χ4v) is 1.44. The van der Waals surface area contributed by atoms with Crippen LogP contribution in [0, 0.1) is 6.92 Å². The second kappa shape index (κ2) is 3.93. The number of aromatic nitrogens is 1. The minimum Gasteiger partial charge on any atom is -0.244 e. The van der Waals surface area contributed by atoms with Gasteiger partial charge in [-0.2, -0.15) is 0 Å². The van der Waals surface area contributed by atoms with E-state index in [2.05, 4.69) is 4.98 Å². The van der Waals surface area contributed by atoms with Gasteiger partial charge < -0.3 is 0 Å². The smallest absolute Gasteiger partial charge is 0.132 e. The quantitative estimate of drug-likeness (QED) is 0.516. The lowest BCUT2D eigenvalue weighted by Crippen LogP contribution is -1.93. The highest BCUT2D eigenvalue weighted by Crippen LogP contribution is 2.17. The van der Waals surface area contributed by atoms with Crippen LogP contribution >= 0.6 is 23.2 Å². The normalized spacial score (nSPS) is 10.1. The van der Waals surface area contributed by atoms with Gasteiger partial charge in [-0.1, -0.05) is 11.6 Å². The topological polar surface area (TPSA) is 12.9 Å². The third-order valence-electron chi connectivity index (χ3n) is 1.58. The number of nitrogens with zero attached hydrogens (tertiary/aromatic N) is 1. The molecule has 1 rings (SSSR count). The van der Waals surface area contributed by atoms with Crippen molar-refractivity contribution < 1.29 is 0 Å². The van der Waals surface area contributed by atoms with Crippen LogP contribution in [0.1, 0.15) is 11.1 Å². The predicted octanol–water partition coefficient (Wildman–Crippen LogP) is 2.82. The molecular formula is C8H9Cl2N. The lowest BCUT2D eigenvalue weighted by atomic mass is 10.1. The Morgan fingerprint density at radius 1 is 1.55 bits per heavy atom. The van der Waals surface area contributed by atoms with Crippen molar-refractivity contribution in [2.75, 3.05) is 5.88 Å². The van der Waals surface area contributed by atoms with Crippen molar-refractivity contribution >= 4 is 23.2 Å². The van der Waals surface area contributed by atoms with E-state index in [0.717, 1.165) is 17.5 Å². The Balaban J connectivity index is 3.00. The average Bonchev–Trinajstić information content (AvgIpc) is 1.97. The predicted molar refractivity (Wildman–Crippen MR) is 48.4 cm³/mol. The number of aryl methyl sites for hydroxylation is 1. The minimum absolute atomic E-state index is 0.575. The molecule has 0 spiro atoms. The molecule has 1 heterocycles. The number of alkyl halides is 1. The molecule has 0 saturated heterocycles. The van der Waals surface area contributed by atoms with Crippen molar-refractivity contribution in [2.45, 2.75) is 13.3 Å². The zero-order valence-corrected chi connectivity index (χ0v) is 7.78. The summed E-state index contributed by atoms with van der Waals surface area (Å²) in [5, 5.41) is 0.575. The number of pyridine rings is 1. The number of hydrogen-bond acceptors (Lipinski definition) is 1. The maximum atomic E-state index is 5.84. The molecule has 60 valence electrons. The fraction of sp³-hybridized carbons (Fsp3) is 0.375. The van der Waals surface area contributed by atoms with E-state index in [9.17, 15) is 0 Å². The van der Waals surface area contributed by atoms with Crippen LogP contribution in [0.25, 0.3) is 0 Å². The molecule has 0 amide bonds. The molecule has 1 aromatic heterocycles. The molecule has 3 heteroatoms. The molecule has 1 nitrogen and oxygen atoms in total. The summed E-state index contributed by atoms with van der Waals surface area (Å²) in [6.07, 6.45) is 2.50. The van der Waals surface area contributed by atoms with Gasteiger partial charge in [0.25, 0.3) is 0 Å². The summed E-state index contributed by atoms with van der Waals surface area (Å²) >= 11 is 11.4. The van der Waals surface area contributed by atoms with Gasteiger partial charge in [0.05, 0.1) is 0 Å². The molecule has 0 unspecified atom stereocenters. The zero-order chi connectivity index (χ0) is 8.27. The van der Waals surface area contributed by atoms with Crippen LogP contribution in [0.3, 0.4) is 0 Å². The first kappa shape index (κ1) is 8.82. The van der Waals surface area contributed by atoms with Gasteiger partial charge in [-0.15, -0.1) is 11.6 Å². The van der Waals surface area contributed by atoms with Crippen molar-refractivity contribution in [2.24, 2.45) is 0 Å². The highest BCUT2D eigenvalue weighted by molar-refractivity contribution is 6.30. The van der Waals surface area contributed by atoms with Crippen LogP contribution < -0.4 is 0 Å². The molecular weight excluding hydrogens is 181 g/mol. The zero-order valence-electron chi connectivity index (χ0n) is 6.27. The molecule has 0 N–H and O–H groups in total. The Bertz CT molecular complexity index is 228. The van der Waals surface area contributed by atoms with Crippen molar-refractivity contribution in [3.05, 3.63) is 28.5 Å². The Hall–Kier alpha value is -0.270. The van der Waals surface area contributed by atoms with Gasteiger partial charge in [-0.25, -0.2) is 4.98 Å². The van der Waals surface area contributed by atoms with Gasteiger partial charge in [-0.05, 0) is 30.5 Å². The molecule has 0 fully saturated rings. The monoisotopic (exact) mass is 189 g/mol. The van der Waals surface area contributed by atoms with Crippen LogP contribution in [-0.2, 0) is 6.42 Å². The first-order chi connectivity index (χ1) is 5.25. The number of rotatable bonds is 2. The molecule has 0 aliphatic heterocycles. The Kier molecular flexibility index (Phi) is 3.16. The van der Waals surface area contributed by atoms with E-state index >= 15 is 0 Å². The minimum atomic E-state index is 0.575. The third-order valence-corrected chi connectivity index (χ3v) is 2.10. The summed E-state index contributed by atoms with van der Waals surface area (Å²) in [6.45, 7) is 2.01. The Labute approximate surface area is 76.4 Å². The molecule has 0 bridgehead atoms. The maximum Gasteiger partial charge on any atom is 0.132 e. The standard InChI is InChI=1S/C8H9Cl2N/c1-6-3-5-11-8(10)7(6)2-4-9/h3,5H,2,4H2,1H3. The first-order valence-corrected chi connectivity index (χ1v) is 4.33. The van der Waals surface area contributed by atoms with Crippen LogP contribution in [-0.4, -0.2) is 10.9 Å². The molecule has 0 radical (unpaired) electrons. The van der Waals surface area contributed by atoms with Crippen molar-refractivity contribution in [1.29, 1.82) is 0 Å². The number of hydrogen-bond donors (Lipinski definition) is 0. The lowest BCUT2D eigenvalue weighted by molar-refractivity contribution is 1.08. The first-order valence-electron chi connectivity index (χ1n) is 3.41. The van der Waals surface area contributed by atoms with Crippen molar-refractivity contribution in [3.8, 4) is 0 Å². The van der Waals surface area contributed by atoms with E-state index in [1.165, 1.54) is 0 Å².